The Balaban J connectivity index is 1.97. The summed E-state index contributed by atoms with van der Waals surface area (Å²) in [5, 5.41) is 0. The number of rotatable bonds is 3. The van der Waals surface area contributed by atoms with Gasteiger partial charge in [-0.1, -0.05) is 22.9 Å². The number of aromatic nitrogens is 1. The molecule has 114 valence electrons. The lowest BCUT2D eigenvalue weighted by Crippen LogP contribution is -2.49. The van der Waals surface area contributed by atoms with Crippen molar-refractivity contribution < 1.29 is 18.3 Å². The van der Waals surface area contributed by atoms with Crippen LogP contribution in [-0.4, -0.2) is 5.91 Å². The number of carbonyl (C=O) groups is 1. The summed E-state index contributed by atoms with van der Waals surface area (Å²) in [5.74, 6) is -1.67. The number of pyridine rings is 1. The van der Waals surface area contributed by atoms with Crippen LogP contribution in [0.1, 0.15) is 10.4 Å². The van der Waals surface area contributed by atoms with Gasteiger partial charge in [0.25, 0.3) is 0 Å². The number of hydrogen-bond donors (Lipinski definition) is 1. The van der Waals surface area contributed by atoms with Crippen molar-refractivity contribution in [2.24, 2.45) is 0 Å². The molecule has 23 heavy (non-hydrogen) atoms. The van der Waals surface area contributed by atoms with Crippen molar-refractivity contribution in [3.05, 3.63) is 90.1 Å². The molecule has 0 unspecified atom stereocenters. The summed E-state index contributed by atoms with van der Waals surface area (Å²) in [5.41, 5.74) is 3.98. The molecule has 0 fully saturated rings. The zero-order chi connectivity index (χ0) is 16.2. The van der Waals surface area contributed by atoms with Crippen LogP contribution in [0.15, 0.2) is 72.9 Å². The van der Waals surface area contributed by atoms with E-state index in [1.807, 2.05) is 6.07 Å². The van der Waals surface area contributed by atoms with E-state index < -0.39 is 11.6 Å². The number of nitrogens with zero attached hydrogens (tertiary/aromatic N) is 1. The van der Waals surface area contributed by atoms with Gasteiger partial charge in [-0.05, 0) is 30.3 Å². The molecule has 0 aliphatic carbocycles. The van der Waals surface area contributed by atoms with Crippen molar-refractivity contribution in [3.8, 4) is 11.3 Å². The summed E-state index contributed by atoms with van der Waals surface area (Å²) >= 11 is 0. The van der Waals surface area contributed by atoms with Gasteiger partial charge in [-0.2, -0.15) is 0 Å². The van der Waals surface area contributed by atoms with Gasteiger partial charge in [-0.3, -0.25) is 4.79 Å². The van der Waals surface area contributed by atoms with E-state index in [4.69, 9.17) is 0 Å². The maximum Gasteiger partial charge on any atom is 0.305 e. The van der Waals surface area contributed by atoms with Crippen molar-refractivity contribution in [1.82, 2.24) is 0 Å². The second-order valence-corrected chi connectivity index (χ2v) is 4.92. The Hall–Kier alpha value is -3.08. The van der Waals surface area contributed by atoms with E-state index in [0.717, 1.165) is 6.07 Å². The van der Waals surface area contributed by atoms with Crippen LogP contribution in [0.25, 0.3) is 11.3 Å². The fourth-order valence-corrected chi connectivity index (χ4v) is 2.24. The van der Waals surface area contributed by atoms with Crippen LogP contribution in [0.4, 0.5) is 8.78 Å². The first kappa shape index (κ1) is 14.8. The Morgan fingerprint density at radius 1 is 0.870 bits per heavy atom. The largest absolute Gasteiger partial charge is 0.305 e. The molecule has 5 heteroatoms. The summed E-state index contributed by atoms with van der Waals surface area (Å²) in [6.45, 7) is 0. The van der Waals surface area contributed by atoms with E-state index in [1.54, 1.807) is 48.7 Å². The standard InChI is InChI=1S/C18H12F2N2O/c19-15-10-14(11-16(20)12-15)17-8-4-5-9-22(17)21-18(23)13-6-2-1-3-7-13/h1-12H/p+1. The topological polar surface area (TPSA) is 33.0 Å². The van der Waals surface area contributed by atoms with Gasteiger partial charge < -0.3 is 0 Å². The zero-order valence-corrected chi connectivity index (χ0v) is 12.0. The van der Waals surface area contributed by atoms with E-state index in [0.29, 0.717) is 16.8 Å². The van der Waals surface area contributed by atoms with Gasteiger partial charge in [-0.25, -0.2) is 8.78 Å². The van der Waals surface area contributed by atoms with E-state index >= 15 is 0 Å². The highest BCUT2D eigenvalue weighted by atomic mass is 19.1. The van der Waals surface area contributed by atoms with Crippen LogP contribution >= 0.6 is 0 Å². The third kappa shape index (κ3) is 3.40. The first-order valence-electron chi connectivity index (χ1n) is 6.97. The molecule has 2 aromatic carbocycles. The Kier molecular flexibility index (Phi) is 4.10. The molecule has 1 amide bonds. The molecule has 3 aromatic rings. The molecular formula is C18H13F2N2O+. The maximum absolute atomic E-state index is 13.4. The number of hydrogen-bond acceptors (Lipinski definition) is 1. The van der Waals surface area contributed by atoms with Crippen LogP contribution in [0.2, 0.25) is 0 Å². The zero-order valence-electron chi connectivity index (χ0n) is 12.0. The van der Waals surface area contributed by atoms with E-state index in [2.05, 4.69) is 5.43 Å². The average molecular weight is 311 g/mol. The maximum atomic E-state index is 13.4. The van der Waals surface area contributed by atoms with Gasteiger partial charge in [0, 0.05) is 23.8 Å². The SMILES string of the molecule is O=C(N[n+]1ccccc1-c1cc(F)cc(F)c1)c1ccccc1. The third-order valence-electron chi connectivity index (χ3n) is 3.28. The number of halogens is 2. The summed E-state index contributed by atoms with van der Waals surface area (Å²) in [6, 6.07) is 17.0. The van der Waals surface area contributed by atoms with Crippen molar-refractivity contribution in [2.75, 3.05) is 5.43 Å². The first-order chi connectivity index (χ1) is 11.1. The summed E-state index contributed by atoms with van der Waals surface area (Å²) in [6.07, 6.45) is 1.61. The molecule has 0 atom stereocenters. The minimum Gasteiger partial charge on any atom is -0.264 e. The number of nitrogens with one attached hydrogen (secondary N) is 1. The van der Waals surface area contributed by atoms with E-state index in [-0.39, 0.29) is 5.91 Å². The minimum atomic E-state index is -0.676. The molecule has 0 saturated heterocycles. The van der Waals surface area contributed by atoms with Crippen LogP contribution < -0.4 is 10.1 Å². The molecule has 0 spiro atoms. The van der Waals surface area contributed by atoms with E-state index in [1.165, 1.54) is 16.8 Å². The Bertz CT molecular complexity index is 830. The molecule has 3 nitrogen and oxygen atoms in total. The highest BCUT2D eigenvalue weighted by Gasteiger charge is 2.18. The van der Waals surface area contributed by atoms with Gasteiger partial charge in [0.1, 0.15) is 11.6 Å². The van der Waals surface area contributed by atoms with Crippen molar-refractivity contribution in [1.29, 1.82) is 0 Å². The second-order valence-electron chi connectivity index (χ2n) is 4.92. The van der Waals surface area contributed by atoms with Gasteiger partial charge >= 0.3 is 5.91 Å². The predicted molar refractivity (Wildman–Crippen MR) is 82.1 cm³/mol. The van der Waals surface area contributed by atoms with Gasteiger partial charge in [0.15, 0.2) is 0 Å². The van der Waals surface area contributed by atoms with Crippen LogP contribution in [0.3, 0.4) is 0 Å². The normalized spacial score (nSPS) is 10.3. The molecule has 1 heterocycles. The lowest BCUT2D eigenvalue weighted by Gasteiger charge is -2.05. The molecule has 0 aliphatic heterocycles. The molecule has 0 saturated carbocycles. The number of carbonyl (C=O) groups excluding carboxylic acids is 1. The smallest absolute Gasteiger partial charge is 0.264 e. The average Bonchev–Trinajstić information content (AvgIpc) is 2.55. The fourth-order valence-electron chi connectivity index (χ4n) is 2.24. The van der Waals surface area contributed by atoms with Crippen molar-refractivity contribution in [3.63, 3.8) is 0 Å². The van der Waals surface area contributed by atoms with Gasteiger partial charge in [0.05, 0.1) is 5.56 Å². The minimum absolute atomic E-state index is 0.320. The molecule has 0 aliphatic rings. The first-order valence-corrected chi connectivity index (χ1v) is 6.97. The van der Waals surface area contributed by atoms with Crippen molar-refractivity contribution in [2.45, 2.75) is 0 Å². The highest BCUT2D eigenvalue weighted by molar-refractivity contribution is 5.98. The predicted octanol–water partition coefficient (Wildman–Crippen LogP) is 3.30. The highest BCUT2D eigenvalue weighted by Crippen LogP contribution is 2.18. The van der Waals surface area contributed by atoms with Crippen molar-refractivity contribution >= 4 is 5.91 Å². The molecule has 0 radical (unpaired) electrons. The fraction of sp³-hybridized carbons (Fsp3) is 0. The lowest BCUT2D eigenvalue weighted by atomic mass is 10.1. The monoisotopic (exact) mass is 311 g/mol. The quantitative estimate of drug-likeness (QED) is 0.740. The van der Waals surface area contributed by atoms with E-state index in [9.17, 15) is 13.6 Å². The van der Waals surface area contributed by atoms with Gasteiger partial charge in [-0.15, -0.1) is 5.43 Å². The lowest BCUT2D eigenvalue weighted by molar-refractivity contribution is -0.630. The molecular weight excluding hydrogens is 298 g/mol. The third-order valence-corrected chi connectivity index (χ3v) is 3.28. The Labute approximate surface area is 131 Å². The van der Waals surface area contributed by atoms with Crippen LogP contribution in [0, 0.1) is 11.6 Å². The van der Waals surface area contributed by atoms with Crippen LogP contribution in [0.5, 0.6) is 0 Å². The Morgan fingerprint density at radius 2 is 1.52 bits per heavy atom. The number of amides is 1. The molecule has 1 N–H and O–H groups in total. The summed E-state index contributed by atoms with van der Waals surface area (Å²) in [7, 11) is 0. The van der Waals surface area contributed by atoms with Crippen LogP contribution in [-0.2, 0) is 0 Å². The summed E-state index contributed by atoms with van der Waals surface area (Å²) < 4.78 is 28.3. The molecule has 0 bridgehead atoms. The summed E-state index contributed by atoms with van der Waals surface area (Å²) in [4.78, 5) is 12.3. The number of benzene rings is 2. The van der Waals surface area contributed by atoms with Gasteiger partial charge in [0.2, 0.25) is 11.9 Å². The molecule has 1 aromatic heterocycles. The molecule has 3 rings (SSSR count). The Morgan fingerprint density at radius 3 is 2.22 bits per heavy atom. The second kappa shape index (κ2) is 6.36.